The molecule has 4 heteroatoms. The Morgan fingerprint density at radius 2 is 2.00 bits per heavy atom. The Hall–Kier alpha value is -1.55. The van der Waals surface area contributed by atoms with Crippen LogP contribution in [0.3, 0.4) is 0 Å². The zero-order valence-electron chi connectivity index (χ0n) is 7.72. The van der Waals surface area contributed by atoms with E-state index in [0.29, 0.717) is 0 Å². The maximum Gasteiger partial charge on any atom is 0.236 e. The summed E-state index contributed by atoms with van der Waals surface area (Å²) in [6.45, 7) is 0. The SMILES string of the molecule is Brc1c(-c2ccccc2)nn2ccoc12. The molecule has 0 amide bonds. The van der Waals surface area contributed by atoms with Crippen molar-refractivity contribution in [2.75, 3.05) is 0 Å². The molecule has 0 N–H and O–H groups in total. The summed E-state index contributed by atoms with van der Waals surface area (Å²) in [5.41, 5.74) is 2.70. The molecule has 0 aliphatic carbocycles. The average Bonchev–Trinajstić information content (AvgIpc) is 2.83. The molecule has 0 saturated heterocycles. The Bertz CT molecular complexity index is 597. The van der Waals surface area contributed by atoms with E-state index in [1.54, 1.807) is 17.0 Å². The van der Waals surface area contributed by atoms with Crippen molar-refractivity contribution in [1.82, 2.24) is 9.61 Å². The van der Waals surface area contributed by atoms with Crippen molar-refractivity contribution < 1.29 is 4.42 Å². The molecule has 3 nitrogen and oxygen atoms in total. The van der Waals surface area contributed by atoms with E-state index in [1.807, 2.05) is 30.3 Å². The van der Waals surface area contributed by atoms with Crippen LogP contribution in [0.5, 0.6) is 0 Å². The van der Waals surface area contributed by atoms with Crippen molar-refractivity contribution in [2.24, 2.45) is 0 Å². The van der Waals surface area contributed by atoms with Crippen molar-refractivity contribution in [2.45, 2.75) is 0 Å². The fraction of sp³-hybridized carbons (Fsp3) is 0. The molecule has 0 atom stereocenters. The normalized spacial score (nSPS) is 11.0. The zero-order chi connectivity index (χ0) is 10.3. The second-order valence-corrected chi connectivity index (χ2v) is 3.97. The molecule has 0 aliphatic rings. The number of benzene rings is 1. The van der Waals surface area contributed by atoms with E-state index < -0.39 is 0 Å². The fourth-order valence-corrected chi connectivity index (χ4v) is 2.12. The van der Waals surface area contributed by atoms with Crippen LogP contribution in [-0.2, 0) is 0 Å². The lowest BCUT2D eigenvalue weighted by molar-refractivity contribution is 0.604. The molecule has 0 bridgehead atoms. The van der Waals surface area contributed by atoms with E-state index in [1.165, 1.54) is 0 Å². The van der Waals surface area contributed by atoms with Crippen molar-refractivity contribution in [3.63, 3.8) is 0 Å². The van der Waals surface area contributed by atoms with Gasteiger partial charge in [0.05, 0.1) is 6.20 Å². The lowest BCUT2D eigenvalue weighted by Crippen LogP contribution is -1.81. The van der Waals surface area contributed by atoms with E-state index in [9.17, 15) is 0 Å². The summed E-state index contributed by atoms with van der Waals surface area (Å²) < 4.78 is 7.91. The van der Waals surface area contributed by atoms with Crippen LogP contribution in [0, 0.1) is 0 Å². The number of hydrogen-bond acceptors (Lipinski definition) is 2. The zero-order valence-corrected chi connectivity index (χ0v) is 9.31. The number of halogens is 1. The van der Waals surface area contributed by atoms with E-state index in [-0.39, 0.29) is 0 Å². The number of oxazole rings is 1. The third kappa shape index (κ3) is 1.29. The van der Waals surface area contributed by atoms with Crippen LogP contribution in [0.25, 0.3) is 17.0 Å². The molecule has 3 rings (SSSR count). The first-order chi connectivity index (χ1) is 7.36. The van der Waals surface area contributed by atoms with Crippen molar-refractivity contribution in [3.05, 3.63) is 47.3 Å². The van der Waals surface area contributed by atoms with Gasteiger partial charge in [0.15, 0.2) is 0 Å². The highest BCUT2D eigenvalue weighted by Gasteiger charge is 2.13. The van der Waals surface area contributed by atoms with Crippen molar-refractivity contribution in [1.29, 1.82) is 0 Å². The van der Waals surface area contributed by atoms with Gasteiger partial charge in [0.2, 0.25) is 5.71 Å². The Kier molecular flexibility index (Phi) is 1.89. The molecular weight excluding hydrogens is 256 g/mol. The highest BCUT2D eigenvalue weighted by Crippen LogP contribution is 2.30. The molecule has 1 aromatic carbocycles. The summed E-state index contributed by atoms with van der Waals surface area (Å²) in [5, 5.41) is 4.42. The van der Waals surface area contributed by atoms with E-state index in [2.05, 4.69) is 21.0 Å². The lowest BCUT2D eigenvalue weighted by Gasteiger charge is -1.94. The van der Waals surface area contributed by atoms with Crippen LogP contribution >= 0.6 is 15.9 Å². The minimum atomic E-state index is 0.730. The van der Waals surface area contributed by atoms with Crippen LogP contribution < -0.4 is 0 Å². The second kappa shape index (κ2) is 3.24. The van der Waals surface area contributed by atoms with Gasteiger partial charge in [-0.25, -0.2) is 4.52 Å². The third-order valence-electron chi connectivity index (χ3n) is 2.24. The highest BCUT2D eigenvalue weighted by atomic mass is 79.9. The number of fused-ring (bicyclic) bond motifs is 1. The van der Waals surface area contributed by atoms with Crippen LogP contribution in [0.4, 0.5) is 0 Å². The summed E-state index contributed by atoms with van der Waals surface area (Å²) >= 11 is 3.49. The fourth-order valence-electron chi connectivity index (χ4n) is 1.54. The summed E-state index contributed by atoms with van der Waals surface area (Å²) in [7, 11) is 0. The monoisotopic (exact) mass is 262 g/mol. The van der Waals surface area contributed by atoms with E-state index in [0.717, 1.165) is 21.4 Å². The minimum absolute atomic E-state index is 0.730. The maximum atomic E-state index is 5.30. The summed E-state index contributed by atoms with van der Waals surface area (Å²) in [6, 6.07) is 10.0. The molecule has 0 spiro atoms. The molecule has 2 aromatic heterocycles. The molecule has 2 heterocycles. The van der Waals surface area contributed by atoms with Crippen molar-refractivity contribution >= 4 is 21.6 Å². The molecule has 0 saturated carbocycles. The Labute approximate surface area is 94.5 Å². The van der Waals surface area contributed by atoms with Crippen LogP contribution in [0.2, 0.25) is 0 Å². The number of nitrogens with zero attached hydrogens (tertiary/aromatic N) is 2. The van der Waals surface area contributed by atoms with Gasteiger partial charge in [-0.2, -0.15) is 5.10 Å². The van der Waals surface area contributed by atoms with Gasteiger partial charge in [0.1, 0.15) is 16.4 Å². The first-order valence-corrected chi connectivity index (χ1v) is 5.32. The number of aromatic nitrogens is 2. The predicted molar refractivity (Wildman–Crippen MR) is 60.6 cm³/mol. The minimum Gasteiger partial charge on any atom is -0.444 e. The van der Waals surface area contributed by atoms with Gasteiger partial charge in [-0.3, -0.25) is 0 Å². The first-order valence-electron chi connectivity index (χ1n) is 4.53. The van der Waals surface area contributed by atoms with Crippen LogP contribution in [0.1, 0.15) is 0 Å². The van der Waals surface area contributed by atoms with Gasteiger partial charge in [0, 0.05) is 5.56 Å². The van der Waals surface area contributed by atoms with Crippen molar-refractivity contribution in [3.8, 4) is 11.3 Å². The molecule has 15 heavy (non-hydrogen) atoms. The maximum absolute atomic E-state index is 5.30. The Morgan fingerprint density at radius 3 is 2.73 bits per heavy atom. The summed E-state index contributed by atoms with van der Waals surface area (Å²) in [5.74, 6) is 0. The summed E-state index contributed by atoms with van der Waals surface area (Å²) in [4.78, 5) is 0. The van der Waals surface area contributed by atoms with E-state index >= 15 is 0 Å². The molecule has 0 fully saturated rings. The van der Waals surface area contributed by atoms with Gasteiger partial charge in [0.25, 0.3) is 0 Å². The third-order valence-corrected chi connectivity index (χ3v) is 2.96. The predicted octanol–water partition coefficient (Wildman–Crippen LogP) is 3.36. The van der Waals surface area contributed by atoms with Gasteiger partial charge >= 0.3 is 0 Å². The second-order valence-electron chi connectivity index (χ2n) is 3.18. The van der Waals surface area contributed by atoms with E-state index in [4.69, 9.17) is 4.42 Å². The molecule has 74 valence electrons. The number of hydrogen-bond donors (Lipinski definition) is 0. The topological polar surface area (TPSA) is 30.4 Å². The molecule has 0 unspecified atom stereocenters. The largest absolute Gasteiger partial charge is 0.444 e. The smallest absolute Gasteiger partial charge is 0.236 e. The quantitative estimate of drug-likeness (QED) is 0.674. The molecule has 0 radical (unpaired) electrons. The van der Waals surface area contributed by atoms with Gasteiger partial charge in [-0.1, -0.05) is 30.3 Å². The van der Waals surface area contributed by atoms with Crippen LogP contribution in [0.15, 0.2) is 51.7 Å². The standard InChI is InChI=1S/C11H7BrN2O/c12-9-10(8-4-2-1-3-5-8)13-14-6-7-15-11(9)14/h1-7H. The van der Waals surface area contributed by atoms with Gasteiger partial charge in [-0.15, -0.1) is 0 Å². The van der Waals surface area contributed by atoms with Gasteiger partial charge in [-0.05, 0) is 15.9 Å². The highest BCUT2D eigenvalue weighted by molar-refractivity contribution is 9.10. The number of rotatable bonds is 1. The first kappa shape index (κ1) is 8.73. The average molecular weight is 263 g/mol. The molecular formula is C11H7BrN2O. The Morgan fingerprint density at radius 1 is 1.20 bits per heavy atom. The molecule has 0 aliphatic heterocycles. The lowest BCUT2D eigenvalue weighted by atomic mass is 10.2. The van der Waals surface area contributed by atoms with Crippen LogP contribution in [-0.4, -0.2) is 9.61 Å². The Balaban J connectivity index is 2.27. The summed E-state index contributed by atoms with van der Waals surface area (Å²) in [6.07, 6.45) is 3.40. The van der Waals surface area contributed by atoms with Gasteiger partial charge < -0.3 is 4.42 Å². The molecule has 3 aromatic rings.